The Morgan fingerprint density at radius 2 is 1.57 bits per heavy atom. The summed E-state index contributed by atoms with van der Waals surface area (Å²) in [7, 11) is 1.60. The number of methoxy groups -OCH3 is 1. The van der Waals surface area contributed by atoms with Crippen LogP contribution in [-0.2, 0) is 28.9 Å². The lowest BCUT2D eigenvalue weighted by Crippen LogP contribution is -2.27. The lowest BCUT2D eigenvalue weighted by atomic mass is 10.1. The van der Waals surface area contributed by atoms with Crippen molar-refractivity contribution in [2.45, 2.75) is 25.8 Å². The van der Waals surface area contributed by atoms with Crippen LogP contribution >= 0.6 is 0 Å². The fourth-order valence-corrected chi connectivity index (χ4v) is 3.80. The molecule has 180 valence electrons. The van der Waals surface area contributed by atoms with Crippen molar-refractivity contribution in [3.8, 4) is 11.5 Å². The summed E-state index contributed by atoms with van der Waals surface area (Å²) in [6.45, 7) is 0.891. The molecule has 0 aliphatic heterocycles. The molecular weight excluding hydrogens is 444 g/mol. The second kappa shape index (κ2) is 11.8. The van der Waals surface area contributed by atoms with E-state index in [1.165, 1.54) is 0 Å². The summed E-state index contributed by atoms with van der Waals surface area (Å²) in [6, 6.07) is 24.8. The molecule has 0 N–H and O–H groups in total. The number of benzene rings is 3. The standard InChI is InChI=1S/C28H28N2O5/c1-33-22-11-13-23(14-12-22)34-19-20-35-27(31)16-15-25-28(32)30(18-17-21-7-3-2-4-8-21)26-10-6-5-9-24(26)29-25/h2-14H,15-20H2,1H3. The number of nitrogens with zero attached hydrogens (tertiary/aromatic N) is 2. The molecule has 0 atom stereocenters. The second-order valence-electron chi connectivity index (χ2n) is 7.98. The van der Waals surface area contributed by atoms with Crippen LogP contribution in [0.4, 0.5) is 0 Å². The molecule has 0 amide bonds. The summed E-state index contributed by atoms with van der Waals surface area (Å²) < 4.78 is 17.7. The summed E-state index contributed by atoms with van der Waals surface area (Å²) in [5, 5.41) is 0. The number of rotatable bonds is 11. The minimum Gasteiger partial charge on any atom is -0.497 e. The van der Waals surface area contributed by atoms with Crippen LogP contribution in [0, 0.1) is 0 Å². The summed E-state index contributed by atoms with van der Waals surface area (Å²) in [5.74, 6) is 1.01. The highest BCUT2D eigenvalue weighted by molar-refractivity contribution is 5.75. The van der Waals surface area contributed by atoms with Gasteiger partial charge in [-0.1, -0.05) is 42.5 Å². The van der Waals surface area contributed by atoms with Crippen molar-refractivity contribution in [1.82, 2.24) is 9.55 Å². The summed E-state index contributed by atoms with van der Waals surface area (Å²) in [4.78, 5) is 30.0. The van der Waals surface area contributed by atoms with Gasteiger partial charge in [-0.25, -0.2) is 4.98 Å². The molecule has 4 rings (SSSR count). The molecule has 0 aliphatic carbocycles. The normalized spacial score (nSPS) is 10.8. The molecule has 7 nitrogen and oxygen atoms in total. The number of fused-ring (bicyclic) bond motifs is 1. The highest BCUT2D eigenvalue weighted by Crippen LogP contribution is 2.17. The van der Waals surface area contributed by atoms with E-state index in [1.54, 1.807) is 35.9 Å². The molecule has 3 aromatic carbocycles. The SMILES string of the molecule is COc1ccc(OCCOC(=O)CCc2nc3ccccc3n(CCc3ccccc3)c2=O)cc1. The Kier molecular flexibility index (Phi) is 8.12. The third kappa shape index (κ3) is 6.47. The topological polar surface area (TPSA) is 79.7 Å². The average Bonchev–Trinajstić information content (AvgIpc) is 2.90. The fraction of sp³-hybridized carbons (Fsp3) is 0.250. The van der Waals surface area contributed by atoms with Gasteiger partial charge < -0.3 is 18.8 Å². The second-order valence-corrected chi connectivity index (χ2v) is 7.98. The van der Waals surface area contributed by atoms with Crippen molar-refractivity contribution in [2.24, 2.45) is 0 Å². The van der Waals surface area contributed by atoms with Crippen molar-refractivity contribution in [1.29, 1.82) is 0 Å². The third-order valence-electron chi connectivity index (χ3n) is 5.63. The minimum absolute atomic E-state index is 0.0712. The quantitative estimate of drug-likeness (QED) is 0.240. The predicted octanol–water partition coefficient (Wildman–Crippen LogP) is 4.20. The Bertz CT molecular complexity index is 1320. The van der Waals surface area contributed by atoms with Crippen LogP contribution in [0.3, 0.4) is 0 Å². The Hall–Kier alpha value is -4.13. The molecule has 0 saturated carbocycles. The first-order chi connectivity index (χ1) is 17.1. The van der Waals surface area contributed by atoms with Gasteiger partial charge in [-0.05, 0) is 48.4 Å². The number of hydrogen-bond donors (Lipinski definition) is 0. The molecule has 0 spiro atoms. The lowest BCUT2D eigenvalue weighted by Gasteiger charge is -2.12. The number of esters is 1. The lowest BCUT2D eigenvalue weighted by molar-refractivity contribution is -0.144. The largest absolute Gasteiger partial charge is 0.497 e. The van der Waals surface area contributed by atoms with Gasteiger partial charge in [0.25, 0.3) is 5.56 Å². The Morgan fingerprint density at radius 3 is 2.34 bits per heavy atom. The number of hydrogen-bond acceptors (Lipinski definition) is 6. The van der Waals surface area contributed by atoms with Crippen molar-refractivity contribution in [3.05, 3.63) is 100 Å². The van der Waals surface area contributed by atoms with Crippen molar-refractivity contribution < 1.29 is 19.0 Å². The molecule has 1 heterocycles. The molecule has 35 heavy (non-hydrogen) atoms. The van der Waals surface area contributed by atoms with Crippen LogP contribution in [0.5, 0.6) is 11.5 Å². The van der Waals surface area contributed by atoms with E-state index in [2.05, 4.69) is 4.98 Å². The first-order valence-corrected chi connectivity index (χ1v) is 11.6. The van der Waals surface area contributed by atoms with Crippen LogP contribution in [0.25, 0.3) is 11.0 Å². The minimum atomic E-state index is -0.395. The number of ether oxygens (including phenoxy) is 3. The average molecular weight is 473 g/mol. The molecule has 0 fully saturated rings. The molecule has 0 aliphatic rings. The van der Waals surface area contributed by atoms with E-state index >= 15 is 0 Å². The van der Waals surface area contributed by atoms with Crippen LogP contribution < -0.4 is 15.0 Å². The molecule has 0 radical (unpaired) electrons. The van der Waals surface area contributed by atoms with Crippen molar-refractivity contribution in [2.75, 3.05) is 20.3 Å². The molecule has 7 heteroatoms. The molecule has 0 bridgehead atoms. The zero-order valence-corrected chi connectivity index (χ0v) is 19.7. The highest BCUT2D eigenvalue weighted by Gasteiger charge is 2.13. The molecule has 4 aromatic rings. The predicted molar refractivity (Wildman–Crippen MR) is 134 cm³/mol. The molecule has 0 unspecified atom stereocenters. The van der Waals surface area contributed by atoms with Gasteiger partial charge in [0.2, 0.25) is 0 Å². The Morgan fingerprint density at radius 1 is 0.857 bits per heavy atom. The Balaban J connectivity index is 1.34. The number of aromatic nitrogens is 2. The number of carbonyl (C=O) groups excluding carboxylic acids is 1. The van der Waals surface area contributed by atoms with E-state index in [0.717, 1.165) is 28.8 Å². The van der Waals surface area contributed by atoms with Crippen LogP contribution in [0.2, 0.25) is 0 Å². The first kappa shape index (κ1) is 24.0. The first-order valence-electron chi connectivity index (χ1n) is 11.6. The molecule has 0 saturated heterocycles. The monoisotopic (exact) mass is 472 g/mol. The number of aryl methyl sites for hydroxylation is 3. The fourth-order valence-electron chi connectivity index (χ4n) is 3.80. The van der Waals surface area contributed by atoms with E-state index in [0.29, 0.717) is 18.0 Å². The zero-order valence-electron chi connectivity index (χ0n) is 19.7. The van der Waals surface area contributed by atoms with Gasteiger partial charge in [0.15, 0.2) is 0 Å². The van der Waals surface area contributed by atoms with E-state index in [9.17, 15) is 9.59 Å². The maximum Gasteiger partial charge on any atom is 0.306 e. The van der Waals surface area contributed by atoms with Crippen LogP contribution in [0.15, 0.2) is 83.7 Å². The maximum atomic E-state index is 13.2. The zero-order chi connectivity index (χ0) is 24.5. The third-order valence-corrected chi connectivity index (χ3v) is 5.63. The summed E-state index contributed by atoms with van der Waals surface area (Å²) >= 11 is 0. The van der Waals surface area contributed by atoms with Gasteiger partial charge in [-0.3, -0.25) is 9.59 Å². The van der Waals surface area contributed by atoms with Gasteiger partial charge in [-0.2, -0.15) is 0 Å². The van der Waals surface area contributed by atoms with E-state index < -0.39 is 5.97 Å². The van der Waals surface area contributed by atoms with Gasteiger partial charge in [-0.15, -0.1) is 0 Å². The van der Waals surface area contributed by atoms with Crippen molar-refractivity contribution in [3.63, 3.8) is 0 Å². The van der Waals surface area contributed by atoms with Crippen molar-refractivity contribution >= 4 is 17.0 Å². The molecule has 1 aromatic heterocycles. The number of para-hydroxylation sites is 2. The van der Waals surface area contributed by atoms with E-state index in [4.69, 9.17) is 14.2 Å². The maximum absolute atomic E-state index is 13.2. The van der Waals surface area contributed by atoms with Gasteiger partial charge in [0, 0.05) is 13.0 Å². The van der Waals surface area contributed by atoms with E-state index in [-0.39, 0.29) is 31.6 Å². The van der Waals surface area contributed by atoms with Gasteiger partial charge in [0.1, 0.15) is 30.4 Å². The highest BCUT2D eigenvalue weighted by atomic mass is 16.6. The Labute approximate surface area is 203 Å². The van der Waals surface area contributed by atoms with Crippen LogP contribution in [-0.4, -0.2) is 35.8 Å². The van der Waals surface area contributed by atoms with E-state index in [1.807, 2.05) is 54.6 Å². The van der Waals surface area contributed by atoms with Gasteiger partial charge >= 0.3 is 5.97 Å². The smallest absolute Gasteiger partial charge is 0.306 e. The summed E-state index contributed by atoms with van der Waals surface area (Å²) in [6.07, 6.45) is 1.01. The van der Waals surface area contributed by atoms with Crippen LogP contribution in [0.1, 0.15) is 17.7 Å². The van der Waals surface area contributed by atoms with Gasteiger partial charge in [0.05, 0.1) is 24.6 Å². The molecular formula is C28H28N2O5. The number of carbonyl (C=O) groups is 1. The summed E-state index contributed by atoms with van der Waals surface area (Å²) in [5.41, 5.74) is 2.87.